The molecule has 120 valence electrons. The first kappa shape index (κ1) is 15.1. The molecule has 5 heteroatoms. The average molecular weight is 295 g/mol. The lowest BCUT2D eigenvalue weighted by Gasteiger charge is -2.44. The molecule has 2 atom stereocenters. The van der Waals surface area contributed by atoms with Crippen molar-refractivity contribution >= 4 is 6.09 Å². The summed E-state index contributed by atoms with van der Waals surface area (Å²) >= 11 is 0. The van der Waals surface area contributed by atoms with Crippen LogP contribution in [0.2, 0.25) is 0 Å². The van der Waals surface area contributed by atoms with Crippen molar-refractivity contribution in [2.75, 3.05) is 26.2 Å². The van der Waals surface area contributed by atoms with Crippen molar-refractivity contribution in [2.24, 2.45) is 0 Å². The van der Waals surface area contributed by atoms with Gasteiger partial charge in [-0.2, -0.15) is 0 Å². The Bertz CT molecular complexity index is 369. The summed E-state index contributed by atoms with van der Waals surface area (Å²) in [5.41, 5.74) is -0.397. The van der Waals surface area contributed by atoms with E-state index in [1.54, 1.807) is 0 Å². The molecule has 3 aliphatic rings. The van der Waals surface area contributed by atoms with Gasteiger partial charge in [0.2, 0.25) is 0 Å². The summed E-state index contributed by atoms with van der Waals surface area (Å²) in [4.78, 5) is 16.8. The van der Waals surface area contributed by atoms with Crippen molar-refractivity contribution in [1.82, 2.24) is 15.1 Å². The number of ether oxygens (including phenoxy) is 1. The summed E-state index contributed by atoms with van der Waals surface area (Å²) in [6.07, 6.45) is 4.70. The fraction of sp³-hybridized carbons (Fsp3) is 0.938. The largest absolute Gasteiger partial charge is 0.444 e. The van der Waals surface area contributed by atoms with Crippen LogP contribution in [0.5, 0.6) is 0 Å². The van der Waals surface area contributed by atoms with E-state index in [0.717, 1.165) is 51.1 Å². The average Bonchev–Trinajstić information content (AvgIpc) is 2.66. The highest BCUT2D eigenvalue weighted by Crippen LogP contribution is 2.32. The summed E-state index contributed by atoms with van der Waals surface area (Å²) in [5, 5.41) is 3.54. The Balaban J connectivity index is 1.52. The van der Waals surface area contributed by atoms with E-state index in [1.165, 1.54) is 12.8 Å². The van der Waals surface area contributed by atoms with Crippen LogP contribution in [-0.2, 0) is 4.74 Å². The van der Waals surface area contributed by atoms with Crippen molar-refractivity contribution in [3.8, 4) is 0 Å². The molecule has 1 amide bonds. The Hall–Kier alpha value is -0.810. The van der Waals surface area contributed by atoms with Gasteiger partial charge in [-0.05, 0) is 46.5 Å². The molecule has 5 nitrogen and oxygen atoms in total. The first-order valence-corrected chi connectivity index (χ1v) is 8.40. The van der Waals surface area contributed by atoms with Gasteiger partial charge in [0.15, 0.2) is 0 Å². The van der Waals surface area contributed by atoms with E-state index in [0.29, 0.717) is 6.04 Å². The normalized spacial score (nSPS) is 31.5. The van der Waals surface area contributed by atoms with Crippen LogP contribution in [0.4, 0.5) is 4.79 Å². The zero-order chi connectivity index (χ0) is 15.0. The Morgan fingerprint density at radius 3 is 2.10 bits per heavy atom. The van der Waals surface area contributed by atoms with Crippen LogP contribution in [0, 0.1) is 0 Å². The predicted octanol–water partition coefficient (Wildman–Crippen LogP) is 1.82. The third-order valence-electron chi connectivity index (χ3n) is 4.97. The van der Waals surface area contributed by atoms with Gasteiger partial charge in [0, 0.05) is 44.3 Å². The quantitative estimate of drug-likeness (QED) is 0.801. The standard InChI is InChI=1S/C16H29N3O2/c1-16(2,3)21-15(20)18-8-6-12(7-9-18)19-13-4-5-14(19)11-17-10-13/h12-14,17H,4-11H2,1-3H3/t13-,14-/m1/s1. The highest BCUT2D eigenvalue weighted by Gasteiger charge is 2.41. The van der Waals surface area contributed by atoms with E-state index in [-0.39, 0.29) is 6.09 Å². The Kier molecular flexibility index (Phi) is 4.14. The summed E-state index contributed by atoms with van der Waals surface area (Å²) in [6, 6.07) is 2.10. The van der Waals surface area contributed by atoms with Crippen LogP contribution in [0.15, 0.2) is 0 Å². The lowest BCUT2D eigenvalue weighted by Crippen LogP contribution is -2.58. The summed E-state index contributed by atoms with van der Waals surface area (Å²) in [6.45, 7) is 9.74. The second-order valence-electron chi connectivity index (χ2n) is 7.69. The number of nitrogens with one attached hydrogen (secondary N) is 1. The van der Waals surface area contributed by atoms with Gasteiger partial charge in [-0.25, -0.2) is 4.79 Å². The van der Waals surface area contributed by atoms with Gasteiger partial charge < -0.3 is 15.0 Å². The molecule has 0 aromatic carbocycles. The molecule has 3 saturated heterocycles. The van der Waals surface area contributed by atoms with Gasteiger partial charge in [0.05, 0.1) is 0 Å². The van der Waals surface area contributed by atoms with Crippen molar-refractivity contribution in [3.63, 3.8) is 0 Å². The molecule has 0 saturated carbocycles. The third-order valence-corrected chi connectivity index (χ3v) is 4.97. The van der Waals surface area contributed by atoms with Crippen molar-refractivity contribution in [3.05, 3.63) is 0 Å². The van der Waals surface area contributed by atoms with Crippen LogP contribution >= 0.6 is 0 Å². The molecule has 0 aromatic heterocycles. The summed E-state index contributed by atoms with van der Waals surface area (Å²) in [7, 11) is 0. The number of likely N-dealkylation sites (tertiary alicyclic amines) is 1. The predicted molar refractivity (Wildman–Crippen MR) is 82.3 cm³/mol. The van der Waals surface area contributed by atoms with Crippen molar-refractivity contribution < 1.29 is 9.53 Å². The molecule has 0 aromatic rings. The number of rotatable bonds is 1. The smallest absolute Gasteiger partial charge is 0.410 e. The van der Waals surface area contributed by atoms with E-state index in [4.69, 9.17) is 4.74 Å². The highest BCUT2D eigenvalue weighted by atomic mass is 16.6. The molecule has 3 rings (SSSR count). The highest BCUT2D eigenvalue weighted by molar-refractivity contribution is 5.68. The maximum atomic E-state index is 12.1. The number of carbonyl (C=O) groups excluding carboxylic acids is 1. The van der Waals surface area contributed by atoms with Gasteiger partial charge in [-0.15, -0.1) is 0 Å². The minimum absolute atomic E-state index is 0.149. The van der Waals surface area contributed by atoms with Crippen molar-refractivity contribution in [1.29, 1.82) is 0 Å². The molecule has 0 radical (unpaired) electrons. The first-order chi connectivity index (χ1) is 9.94. The zero-order valence-corrected chi connectivity index (χ0v) is 13.6. The maximum absolute atomic E-state index is 12.1. The van der Waals surface area contributed by atoms with E-state index in [1.807, 2.05) is 25.7 Å². The van der Waals surface area contributed by atoms with Crippen molar-refractivity contribution in [2.45, 2.75) is 70.2 Å². The topological polar surface area (TPSA) is 44.8 Å². The molecule has 21 heavy (non-hydrogen) atoms. The van der Waals surface area contributed by atoms with Crippen LogP contribution in [0.1, 0.15) is 46.5 Å². The fourth-order valence-corrected chi connectivity index (χ4v) is 4.08. The number of hydrogen-bond acceptors (Lipinski definition) is 4. The van der Waals surface area contributed by atoms with Crippen LogP contribution in [0.25, 0.3) is 0 Å². The molecule has 0 spiro atoms. The fourth-order valence-electron chi connectivity index (χ4n) is 4.08. The van der Waals surface area contributed by atoms with Crippen LogP contribution in [0.3, 0.4) is 0 Å². The summed E-state index contributed by atoms with van der Waals surface area (Å²) < 4.78 is 5.48. The lowest BCUT2D eigenvalue weighted by molar-refractivity contribution is 0.00736. The van der Waals surface area contributed by atoms with Gasteiger partial charge in [-0.3, -0.25) is 4.90 Å². The van der Waals surface area contributed by atoms with Crippen LogP contribution < -0.4 is 5.32 Å². The minimum atomic E-state index is -0.397. The monoisotopic (exact) mass is 295 g/mol. The minimum Gasteiger partial charge on any atom is -0.444 e. The molecule has 0 aliphatic carbocycles. The second-order valence-corrected chi connectivity index (χ2v) is 7.69. The number of piperazine rings is 1. The lowest BCUT2D eigenvalue weighted by atomic mass is 10.00. The molecule has 3 aliphatic heterocycles. The van der Waals surface area contributed by atoms with Crippen LogP contribution in [-0.4, -0.2) is 65.8 Å². The molecule has 3 fully saturated rings. The van der Waals surface area contributed by atoms with Gasteiger partial charge in [0.25, 0.3) is 0 Å². The molecule has 0 unspecified atom stereocenters. The number of hydrogen-bond donors (Lipinski definition) is 1. The molecule has 2 bridgehead atoms. The Labute approximate surface area is 128 Å². The zero-order valence-electron chi connectivity index (χ0n) is 13.6. The Morgan fingerprint density at radius 2 is 1.57 bits per heavy atom. The summed E-state index contributed by atoms with van der Waals surface area (Å²) in [5.74, 6) is 0. The van der Waals surface area contributed by atoms with E-state index in [2.05, 4.69) is 10.2 Å². The first-order valence-electron chi connectivity index (χ1n) is 8.40. The van der Waals surface area contributed by atoms with Gasteiger partial charge in [0.1, 0.15) is 5.60 Å². The SMILES string of the molecule is CC(C)(C)OC(=O)N1CCC(N2[C@@H]3CC[C@@H]2CNC3)CC1. The molecular formula is C16H29N3O2. The van der Waals surface area contributed by atoms with E-state index in [9.17, 15) is 4.79 Å². The number of nitrogens with zero attached hydrogens (tertiary/aromatic N) is 2. The number of fused-ring (bicyclic) bond motifs is 2. The number of carbonyl (C=O) groups is 1. The maximum Gasteiger partial charge on any atom is 0.410 e. The van der Waals surface area contributed by atoms with Gasteiger partial charge in [-0.1, -0.05) is 0 Å². The number of piperidine rings is 1. The van der Waals surface area contributed by atoms with Gasteiger partial charge >= 0.3 is 6.09 Å². The molecule has 1 N–H and O–H groups in total. The third kappa shape index (κ3) is 3.34. The van der Waals surface area contributed by atoms with E-state index >= 15 is 0 Å². The second kappa shape index (κ2) is 5.76. The molecular weight excluding hydrogens is 266 g/mol. The Morgan fingerprint density at radius 1 is 1.00 bits per heavy atom. The van der Waals surface area contributed by atoms with E-state index < -0.39 is 5.60 Å². The number of amides is 1. The molecule has 3 heterocycles.